The first-order valence-electron chi connectivity index (χ1n) is 8.20. The lowest BCUT2D eigenvalue weighted by Crippen LogP contribution is -2.27. The molecule has 0 bridgehead atoms. The van der Waals surface area contributed by atoms with Gasteiger partial charge in [-0.2, -0.15) is 5.10 Å². The van der Waals surface area contributed by atoms with Gasteiger partial charge in [0.2, 0.25) is 0 Å². The van der Waals surface area contributed by atoms with Gasteiger partial charge in [-0.3, -0.25) is 4.79 Å². The second-order valence-electron chi connectivity index (χ2n) is 6.09. The molecule has 2 N–H and O–H groups in total. The molecule has 2 aromatic rings. The summed E-state index contributed by atoms with van der Waals surface area (Å²) in [5.41, 5.74) is 8.72. The highest BCUT2D eigenvalue weighted by molar-refractivity contribution is 5.99. The van der Waals surface area contributed by atoms with Crippen molar-refractivity contribution >= 4 is 17.3 Å². The molecule has 5 nitrogen and oxygen atoms in total. The van der Waals surface area contributed by atoms with Gasteiger partial charge < -0.3 is 10.1 Å². The number of benzene rings is 2. The summed E-state index contributed by atoms with van der Waals surface area (Å²) in [6.07, 6.45) is 0. The van der Waals surface area contributed by atoms with Crippen molar-refractivity contribution in [3.05, 3.63) is 58.7 Å². The van der Waals surface area contributed by atoms with Crippen molar-refractivity contribution in [2.45, 2.75) is 27.7 Å². The van der Waals surface area contributed by atoms with Crippen molar-refractivity contribution in [2.24, 2.45) is 5.10 Å². The Hall–Kier alpha value is -2.82. The van der Waals surface area contributed by atoms with Crippen LogP contribution in [0.3, 0.4) is 0 Å². The number of ether oxygens (including phenoxy) is 1. The first kappa shape index (κ1) is 18.5. The Balaban J connectivity index is 1.93. The molecule has 5 heteroatoms. The number of carbonyl (C=O) groups excluding carboxylic acids is 1. The van der Waals surface area contributed by atoms with Gasteiger partial charge in [0.05, 0.1) is 19.4 Å². The molecule has 0 radical (unpaired) electrons. The van der Waals surface area contributed by atoms with Crippen molar-refractivity contribution in [3.8, 4) is 5.75 Å². The summed E-state index contributed by atoms with van der Waals surface area (Å²) in [4.78, 5) is 12.0. The van der Waals surface area contributed by atoms with Crippen molar-refractivity contribution in [1.29, 1.82) is 0 Å². The molecule has 1 amide bonds. The van der Waals surface area contributed by atoms with Crippen LogP contribution in [0.2, 0.25) is 0 Å². The zero-order chi connectivity index (χ0) is 18.4. The van der Waals surface area contributed by atoms with Gasteiger partial charge in [0.25, 0.3) is 5.91 Å². The van der Waals surface area contributed by atoms with E-state index < -0.39 is 0 Å². The number of hydrogen-bond acceptors (Lipinski definition) is 4. The van der Waals surface area contributed by atoms with Crippen LogP contribution in [0.1, 0.15) is 29.2 Å². The average molecular weight is 339 g/mol. The summed E-state index contributed by atoms with van der Waals surface area (Å²) in [7, 11) is 1.63. The first-order chi connectivity index (χ1) is 11.9. The van der Waals surface area contributed by atoms with Gasteiger partial charge in [0.1, 0.15) is 5.75 Å². The molecule has 0 aromatic heterocycles. The molecule has 25 heavy (non-hydrogen) atoms. The number of methoxy groups -OCH3 is 1. The average Bonchev–Trinajstić information content (AvgIpc) is 2.58. The molecular formula is C20H25N3O2. The number of anilines is 1. The molecule has 0 saturated heterocycles. The quantitative estimate of drug-likeness (QED) is 0.625. The van der Waals surface area contributed by atoms with Crippen LogP contribution in [-0.2, 0) is 4.79 Å². The van der Waals surface area contributed by atoms with E-state index in [-0.39, 0.29) is 12.5 Å². The van der Waals surface area contributed by atoms with E-state index in [0.29, 0.717) is 0 Å². The Kier molecular flexibility index (Phi) is 6.17. The second kappa shape index (κ2) is 8.33. The fraction of sp³-hybridized carbons (Fsp3) is 0.300. The summed E-state index contributed by atoms with van der Waals surface area (Å²) in [6, 6.07) is 11.7. The maximum atomic E-state index is 12.0. The van der Waals surface area contributed by atoms with Crippen molar-refractivity contribution in [1.82, 2.24) is 5.43 Å². The van der Waals surface area contributed by atoms with Crippen LogP contribution in [-0.4, -0.2) is 25.3 Å². The highest BCUT2D eigenvalue weighted by atomic mass is 16.5. The lowest BCUT2D eigenvalue weighted by molar-refractivity contribution is -0.119. The van der Waals surface area contributed by atoms with Crippen molar-refractivity contribution in [2.75, 3.05) is 19.0 Å². The summed E-state index contributed by atoms with van der Waals surface area (Å²) >= 11 is 0. The Morgan fingerprint density at radius 2 is 1.68 bits per heavy atom. The van der Waals surface area contributed by atoms with Gasteiger partial charge in [-0.1, -0.05) is 17.7 Å². The van der Waals surface area contributed by atoms with E-state index in [1.54, 1.807) is 7.11 Å². The molecule has 2 aromatic carbocycles. The molecule has 2 rings (SSSR count). The number of nitrogens with one attached hydrogen (secondary N) is 2. The van der Waals surface area contributed by atoms with Crippen LogP contribution < -0.4 is 15.5 Å². The van der Waals surface area contributed by atoms with Crippen LogP contribution in [0.4, 0.5) is 5.69 Å². The van der Waals surface area contributed by atoms with Crippen molar-refractivity contribution < 1.29 is 9.53 Å². The van der Waals surface area contributed by atoms with E-state index in [9.17, 15) is 4.79 Å². The molecule has 0 unspecified atom stereocenters. The fourth-order valence-corrected chi connectivity index (χ4v) is 2.71. The molecule has 0 atom stereocenters. The molecule has 0 aliphatic carbocycles. The van der Waals surface area contributed by atoms with Gasteiger partial charge in [0, 0.05) is 5.69 Å². The van der Waals surface area contributed by atoms with Gasteiger partial charge in [0.15, 0.2) is 0 Å². The molecule has 0 saturated carbocycles. The second-order valence-corrected chi connectivity index (χ2v) is 6.09. The highest BCUT2D eigenvalue weighted by Crippen LogP contribution is 2.21. The van der Waals surface area contributed by atoms with E-state index in [4.69, 9.17) is 4.74 Å². The van der Waals surface area contributed by atoms with E-state index in [1.165, 1.54) is 5.56 Å². The lowest BCUT2D eigenvalue weighted by atomic mass is 10.1. The number of hydrogen-bond donors (Lipinski definition) is 2. The maximum absolute atomic E-state index is 12.0. The van der Waals surface area contributed by atoms with Gasteiger partial charge in [-0.25, -0.2) is 5.43 Å². The highest BCUT2D eigenvalue weighted by Gasteiger charge is 2.06. The molecule has 0 aliphatic heterocycles. The molecule has 0 fully saturated rings. The topological polar surface area (TPSA) is 62.7 Å². The molecule has 0 aliphatic rings. The minimum Gasteiger partial charge on any atom is -0.497 e. The number of nitrogens with zero attached hydrogens (tertiary/aromatic N) is 1. The van der Waals surface area contributed by atoms with Crippen LogP contribution in [0.5, 0.6) is 5.75 Å². The first-order valence-corrected chi connectivity index (χ1v) is 8.20. The fourth-order valence-electron chi connectivity index (χ4n) is 2.71. The standard InChI is InChI=1S/C20H25N3O2/c1-13-10-14(2)20(15(3)11-13)21-12-19(24)23-22-16(4)17-6-8-18(25-5)9-7-17/h6-11,21H,12H2,1-5H3,(H,23,24)/b22-16-. The van der Waals surface area contributed by atoms with Gasteiger partial charge >= 0.3 is 0 Å². The zero-order valence-corrected chi connectivity index (χ0v) is 15.4. The predicted molar refractivity (Wildman–Crippen MR) is 102 cm³/mol. The predicted octanol–water partition coefficient (Wildman–Crippen LogP) is 3.57. The monoisotopic (exact) mass is 339 g/mol. The summed E-state index contributed by atoms with van der Waals surface area (Å²) < 4.78 is 5.13. The zero-order valence-electron chi connectivity index (χ0n) is 15.4. The van der Waals surface area contributed by atoms with Crippen LogP contribution in [0.15, 0.2) is 41.5 Å². The molecular weight excluding hydrogens is 314 g/mol. The number of hydrazone groups is 1. The summed E-state index contributed by atoms with van der Waals surface area (Å²) in [6.45, 7) is 8.15. The largest absolute Gasteiger partial charge is 0.497 e. The van der Waals surface area contributed by atoms with Gasteiger partial charge in [-0.15, -0.1) is 0 Å². The smallest absolute Gasteiger partial charge is 0.259 e. The Morgan fingerprint density at radius 1 is 1.08 bits per heavy atom. The van der Waals surface area contributed by atoms with E-state index in [0.717, 1.165) is 33.8 Å². The summed E-state index contributed by atoms with van der Waals surface area (Å²) in [5.74, 6) is 0.598. The van der Waals surface area contributed by atoms with E-state index in [1.807, 2.05) is 45.0 Å². The Morgan fingerprint density at radius 3 is 2.24 bits per heavy atom. The van der Waals surface area contributed by atoms with Crippen LogP contribution in [0, 0.1) is 20.8 Å². The van der Waals surface area contributed by atoms with Crippen LogP contribution >= 0.6 is 0 Å². The third kappa shape index (κ3) is 5.08. The molecule has 0 spiro atoms. The number of amides is 1. The minimum absolute atomic E-state index is 0.171. The molecule has 132 valence electrons. The van der Waals surface area contributed by atoms with Crippen molar-refractivity contribution in [3.63, 3.8) is 0 Å². The minimum atomic E-state index is -0.188. The molecule has 0 heterocycles. The van der Waals surface area contributed by atoms with Crippen LogP contribution in [0.25, 0.3) is 0 Å². The SMILES string of the molecule is COc1ccc(/C(C)=N\NC(=O)CNc2c(C)cc(C)cc2C)cc1. The van der Waals surface area contributed by atoms with E-state index in [2.05, 4.69) is 34.9 Å². The maximum Gasteiger partial charge on any atom is 0.259 e. The Labute approximate surface area is 149 Å². The van der Waals surface area contributed by atoms with E-state index >= 15 is 0 Å². The number of rotatable bonds is 6. The lowest BCUT2D eigenvalue weighted by Gasteiger charge is -2.13. The number of carbonyl (C=O) groups is 1. The number of aryl methyl sites for hydroxylation is 3. The summed E-state index contributed by atoms with van der Waals surface area (Å²) in [5, 5.41) is 7.35. The van der Waals surface area contributed by atoms with Gasteiger partial charge in [-0.05, 0) is 68.7 Å². The Bertz CT molecular complexity index is 757. The third-order valence-electron chi connectivity index (χ3n) is 3.96. The normalized spacial score (nSPS) is 11.2. The third-order valence-corrected chi connectivity index (χ3v) is 3.96.